The maximum atomic E-state index is 12.6. The first-order valence-corrected chi connectivity index (χ1v) is 7.85. The Morgan fingerprint density at radius 3 is 2.78 bits per heavy atom. The summed E-state index contributed by atoms with van der Waals surface area (Å²) in [6, 6.07) is 12.0. The van der Waals surface area contributed by atoms with Crippen molar-refractivity contribution in [1.29, 1.82) is 0 Å². The molecule has 118 valence electrons. The summed E-state index contributed by atoms with van der Waals surface area (Å²) in [5.41, 5.74) is 1.57. The number of rotatable bonds is 2. The second kappa shape index (κ2) is 6.04. The highest BCUT2D eigenvalue weighted by atomic mass is 79.9. The predicted molar refractivity (Wildman–Crippen MR) is 88.8 cm³/mol. The number of hydrogen-bond acceptors (Lipinski definition) is 3. The van der Waals surface area contributed by atoms with E-state index in [1.54, 1.807) is 24.0 Å². The van der Waals surface area contributed by atoms with Crippen LogP contribution in [0.4, 0.5) is 5.69 Å². The zero-order valence-corrected chi connectivity index (χ0v) is 13.9. The van der Waals surface area contributed by atoms with Gasteiger partial charge in [-0.1, -0.05) is 22.0 Å². The zero-order chi connectivity index (χ0) is 16.6. The molecule has 0 radical (unpaired) electrons. The van der Waals surface area contributed by atoms with Crippen LogP contribution in [0.3, 0.4) is 0 Å². The molecule has 2 aromatic rings. The van der Waals surface area contributed by atoms with Crippen LogP contribution in [0.1, 0.15) is 22.8 Å². The quantitative estimate of drug-likeness (QED) is 0.872. The fourth-order valence-electron chi connectivity index (χ4n) is 2.52. The van der Waals surface area contributed by atoms with Gasteiger partial charge < -0.3 is 14.7 Å². The molecule has 1 N–H and O–H groups in total. The molecule has 0 bridgehead atoms. The van der Waals surface area contributed by atoms with Crippen molar-refractivity contribution in [3.05, 3.63) is 58.1 Å². The van der Waals surface area contributed by atoms with Gasteiger partial charge in [0.05, 0.1) is 12.1 Å². The summed E-state index contributed by atoms with van der Waals surface area (Å²) in [6.07, 6.45) is -0.647. The van der Waals surface area contributed by atoms with Gasteiger partial charge in [0.15, 0.2) is 6.10 Å². The summed E-state index contributed by atoms with van der Waals surface area (Å²) in [6.45, 7) is 1.95. The summed E-state index contributed by atoms with van der Waals surface area (Å²) in [7, 11) is 0. The van der Waals surface area contributed by atoms with E-state index in [1.165, 1.54) is 6.07 Å². The van der Waals surface area contributed by atoms with Gasteiger partial charge in [0, 0.05) is 15.7 Å². The maximum absolute atomic E-state index is 12.6. The third kappa shape index (κ3) is 3.07. The molecule has 0 spiro atoms. The van der Waals surface area contributed by atoms with Crippen LogP contribution in [-0.4, -0.2) is 23.1 Å². The predicted octanol–water partition coefficient (Wildman–Crippen LogP) is 3.46. The van der Waals surface area contributed by atoms with E-state index in [4.69, 9.17) is 9.84 Å². The molecule has 0 aromatic heterocycles. The van der Waals surface area contributed by atoms with Crippen LogP contribution in [0.2, 0.25) is 0 Å². The van der Waals surface area contributed by atoms with Gasteiger partial charge in [-0.25, -0.2) is 4.79 Å². The number of hydrogen-bond donors (Lipinski definition) is 1. The number of carbonyl (C=O) groups is 2. The number of carboxylic acids is 1. The largest absolute Gasteiger partial charge is 0.481 e. The van der Waals surface area contributed by atoms with Crippen LogP contribution in [0, 0.1) is 0 Å². The second-order valence-corrected chi connectivity index (χ2v) is 6.21. The van der Waals surface area contributed by atoms with E-state index in [0.29, 0.717) is 11.3 Å². The van der Waals surface area contributed by atoms with E-state index in [0.717, 1.165) is 10.2 Å². The fourth-order valence-corrected chi connectivity index (χ4v) is 2.91. The average Bonchev–Trinajstić information content (AvgIpc) is 2.64. The molecule has 0 aliphatic carbocycles. The number of amides is 1. The SMILES string of the molecule is CC1Oc2ccc(C(=O)O)cc2CN(c2cccc(Br)c2)C1=O. The number of ether oxygens (including phenoxy) is 1. The van der Waals surface area contributed by atoms with E-state index in [9.17, 15) is 9.59 Å². The standard InChI is InChI=1S/C17H14BrNO4/c1-10-16(20)19(14-4-2-3-13(18)8-14)9-12-7-11(17(21)22)5-6-15(12)23-10/h2-8,10H,9H2,1H3,(H,21,22). The highest BCUT2D eigenvalue weighted by Gasteiger charge is 2.29. The van der Waals surface area contributed by atoms with Crippen LogP contribution in [0.5, 0.6) is 5.75 Å². The monoisotopic (exact) mass is 375 g/mol. The van der Waals surface area contributed by atoms with Gasteiger partial charge >= 0.3 is 5.97 Å². The maximum Gasteiger partial charge on any atom is 0.335 e. The van der Waals surface area contributed by atoms with E-state index in [1.807, 2.05) is 24.3 Å². The lowest BCUT2D eigenvalue weighted by Crippen LogP contribution is -2.38. The van der Waals surface area contributed by atoms with Crippen molar-refractivity contribution in [3.8, 4) is 5.75 Å². The number of nitrogens with zero attached hydrogens (tertiary/aromatic N) is 1. The van der Waals surface area contributed by atoms with Gasteiger partial charge in [0.25, 0.3) is 5.91 Å². The number of fused-ring (bicyclic) bond motifs is 1. The molecule has 23 heavy (non-hydrogen) atoms. The molecule has 0 saturated carbocycles. The van der Waals surface area contributed by atoms with Gasteiger partial charge in [0.1, 0.15) is 5.75 Å². The van der Waals surface area contributed by atoms with E-state index < -0.39 is 12.1 Å². The molecule has 1 unspecified atom stereocenters. The van der Waals surface area contributed by atoms with E-state index in [2.05, 4.69) is 15.9 Å². The molecule has 6 heteroatoms. The van der Waals surface area contributed by atoms with Crippen molar-refractivity contribution < 1.29 is 19.4 Å². The zero-order valence-electron chi connectivity index (χ0n) is 12.3. The number of anilines is 1. The molecule has 0 fully saturated rings. The Balaban J connectivity index is 2.06. The van der Waals surface area contributed by atoms with Crippen molar-refractivity contribution in [3.63, 3.8) is 0 Å². The Kier molecular flexibility index (Phi) is 4.09. The van der Waals surface area contributed by atoms with Gasteiger partial charge in [-0.15, -0.1) is 0 Å². The number of benzene rings is 2. The molecule has 0 saturated heterocycles. The number of aromatic carboxylic acids is 1. The Morgan fingerprint density at radius 2 is 2.09 bits per heavy atom. The van der Waals surface area contributed by atoms with Crippen molar-refractivity contribution in [2.75, 3.05) is 4.90 Å². The van der Waals surface area contributed by atoms with Crippen LogP contribution >= 0.6 is 15.9 Å². The summed E-state index contributed by atoms with van der Waals surface area (Å²) in [4.78, 5) is 25.4. The van der Waals surface area contributed by atoms with Crippen molar-refractivity contribution >= 4 is 33.5 Å². The van der Waals surface area contributed by atoms with Crippen LogP contribution in [-0.2, 0) is 11.3 Å². The summed E-state index contributed by atoms with van der Waals surface area (Å²) >= 11 is 3.40. The van der Waals surface area contributed by atoms with E-state index in [-0.39, 0.29) is 18.0 Å². The smallest absolute Gasteiger partial charge is 0.335 e. The van der Waals surface area contributed by atoms with Crippen molar-refractivity contribution in [1.82, 2.24) is 0 Å². The minimum absolute atomic E-state index is 0.170. The second-order valence-electron chi connectivity index (χ2n) is 5.29. The number of carbonyl (C=O) groups excluding carboxylic acids is 1. The van der Waals surface area contributed by atoms with Crippen LogP contribution < -0.4 is 9.64 Å². The van der Waals surface area contributed by atoms with Crippen molar-refractivity contribution in [2.24, 2.45) is 0 Å². The molecular weight excluding hydrogens is 362 g/mol. The summed E-state index contributed by atoms with van der Waals surface area (Å²) in [5.74, 6) is -0.644. The highest BCUT2D eigenvalue weighted by molar-refractivity contribution is 9.10. The molecule has 5 nitrogen and oxygen atoms in total. The van der Waals surface area contributed by atoms with Crippen molar-refractivity contribution in [2.45, 2.75) is 19.6 Å². The normalized spacial score (nSPS) is 17.2. The first kappa shape index (κ1) is 15.6. The Morgan fingerprint density at radius 1 is 1.30 bits per heavy atom. The van der Waals surface area contributed by atoms with Crippen LogP contribution in [0.25, 0.3) is 0 Å². The molecule has 1 aliphatic heterocycles. The Labute approximate surface area is 141 Å². The highest BCUT2D eigenvalue weighted by Crippen LogP contribution is 2.30. The topological polar surface area (TPSA) is 66.8 Å². The first-order valence-electron chi connectivity index (χ1n) is 7.05. The summed E-state index contributed by atoms with van der Waals surface area (Å²) < 4.78 is 6.55. The molecule has 1 atom stereocenters. The first-order chi connectivity index (χ1) is 11.0. The fraction of sp³-hybridized carbons (Fsp3) is 0.176. The summed E-state index contributed by atoms with van der Waals surface area (Å²) in [5, 5.41) is 9.15. The van der Waals surface area contributed by atoms with Crippen LogP contribution in [0.15, 0.2) is 46.9 Å². The minimum atomic E-state index is -1.01. The van der Waals surface area contributed by atoms with Gasteiger partial charge in [-0.2, -0.15) is 0 Å². The minimum Gasteiger partial charge on any atom is -0.481 e. The molecule has 1 amide bonds. The van der Waals surface area contributed by atoms with E-state index >= 15 is 0 Å². The third-order valence-corrected chi connectivity index (χ3v) is 4.17. The Hall–Kier alpha value is -2.34. The third-order valence-electron chi connectivity index (χ3n) is 3.67. The lowest BCUT2D eigenvalue weighted by atomic mass is 10.1. The van der Waals surface area contributed by atoms with Gasteiger partial charge in [-0.3, -0.25) is 4.79 Å². The van der Waals surface area contributed by atoms with Gasteiger partial charge in [0.2, 0.25) is 0 Å². The molecule has 1 aliphatic rings. The Bertz CT molecular complexity index is 790. The molecule has 2 aromatic carbocycles. The lowest BCUT2D eigenvalue weighted by Gasteiger charge is -2.22. The molecule has 1 heterocycles. The number of carboxylic acid groups (broad SMARTS) is 1. The average molecular weight is 376 g/mol. The lowest BCUT2D eigenvalue weighted by molar-refractivity contribution is -0.124. The molecular formula is C17H14BrNO4. The molecule has 3 rings (SSSR count). The number of halogens is 1. The van der Waals surface area contributed by atoms with Gasteiger partial charge in [-0.05, 0) is 43.3 Å².